The van der Waals surface area contributed by atoms with Crippen LogP contribution in [0.5, 0.6) is 5.75 Å². The largest absolute Gasteiger partial charge is 0.488 e. The molecule has 4 rings (SSSR count). The number of aliphatic imine (C=N–C) groups is 1. The van der Waals surface area contributed by atoms with Crippen LogP contribution >= 0.6 is 0 Å². The van der Waals surface area contributed by atoms with Crippen LogP contribution in [-0.2, 0) is 12.8 Å². The zero-order chi connectivity index (χ0) is 19.2. The summed E-state index contributed by atoms with van der Waals surface area (Å²) in [5.41, 5.74) is 3.61. The molecule has 2 heterocycles. The van der Waals surface area contributed by atoms with Gasteiger partial charge in [-0.2, -0.15) is 5.10 Å². The molecule has 0 bridgehead atoms. The van der Waals surface area contributed by atoms with Gasteiger partial charge in [-0.25, -0.2) is 4.68 Å². The minimum absolute atomic E-state index is 0.144. The van der Waals surface area contributed by atoms with E-state index >= 15 is 0 Å². The third-order valence-corrected chi connectivity index (χ3v) is 4.85. The number of fused-ring (bicyclic) bond motifs is 1. The summed E-state index contributed by atoms with van der Waals surface area (Å²) in [5, 5.41) is 11.0. The van der Waals surface area contributed by atoms with E-state index in [1.54, 1.807) is 13.2 Å². The van der Waals surface area contributed by atoms with Crippen molar-refractivity contribution < 1.29 is 4.74 Å². The molecule has 0 aliphatic carbocycles. The highest BCUT2D eigenvalue weighted by Gasteiger charge is 2.22. The molecule has 1 aromatic heterocycles. The molecule has 2 aromatic carbocycles. The molecule has 6 heteroatoms. The number of ether oxygens (including phenoxy) is 1. The monoisotopic (exact) mass is 375 g/mol. The van der Waals surface area contributed by atoms with Gasteiger partial charge in [-0.15, -0.1) is 0 Å². The van der Waals surface area contributed by atoms with Gasteiger partial charge < -0.3 is 15.4 Å². The molecular formula is C22H25N5O. The molecule has 6 nitrogen and oxygen atoms in total. The summed E-state index contributed by atoms with van der Waals surface area (Å²) in [7, 11) is 1.79. The number of rotatable bonds is 6. The Morgan fingerprint density at radius 2 is 2.00 bits per heavy atom. The van der Waals surface area contributed by atoms with Crippen LogP contribution < -0.4 is 15.4 Å². The maximum Gasteiger partial charge on any atom is 0.191 e. The maximum atomic E-state index is 5.97. The molecule has 0 amide bonds. The van der Waals surface area contributed by atoms with Gasteiger partial charge in [0.05, 0.1) is 12.2 Å². The highest BCUT2D eigenvalue weighted by molar-refractivity contribution is 5.79. The van der Waals surface area contributed by atoms with Crippen LogP contribution in [0.1, 0.15) is 11.1 Å². The number of nitrogens with one attached hydrogen (secondary N) is 2. The molecule has 0 radical (unpaired) electrons. The van der Waals surface area contributed by atoms with Crippen molar-refractivity contribution in [3.8, 4) is 11.4 Å². The Balaban J connectivity index is 1.21. The average molecular weight is 375 g/mol. The van der Waals surface area contributed by atoms with Gasteiger partial charge in [-0.3, -0.25) is 4.99 Å². The highest BCUT2D eigenvalue weighted by atomic mass is 16.5. The fraction of sp³-hybridized carbons (Fsp3) is 0.273. The number of hydrogen-bond acceptors (Lipinski definition) is 3. The molecule has 1 atom stereocenters. The molecule has 3 aromatic rings. The van der Waals surface area contributed by atoms with E-state index in [1.807, 2.05) is 29.1 Å². The van der Waals surface area contributed by atoms with Crippen molar-refractivity contribution in [2.75, 3.05) is 20.1 Å². The van der Waals surface area contributed by atoms with Crippen LogP contribution in [0.4, 0.5) is 0 Å². The second-order valence-electron chi connectivity index (χ2n) is 6.80. The third kappa shape index (κ3) is 4.34. The molecule has 28 heavy (non-hydrogen) atoms. The van der Waals surface area contributed by atoms with Crippen molar-refractivity contribution in [1.29, 1.82) is 0 Å². The van der Waals surface area contributed by atoms with Gasteiger partial charge in [0, 0.05) is 32.4 Å². The zero-order valence-electron chi connectivity index (χ0n) is 16.0. The Morgan fingerprint density at radius 3 is 2.75 bits per heavy atom. The van der Waals surface area contributed by atoms with Gasteiger partial charge in [0.25, 0.3) is 0 Å². The van der Waals surface area contributed by atoms with Gasteiger partial charge in [-0.1, -0.05) is 30.3 Å². The minimum Gasteiger partial charge on any atom is -0.488 e. The van der Waals surface area contributed by atoms with Crippen molar-refractivity contribution in [2.45, 2.75) is 18.9 Å². The van der Waals surface area contributed by atoms with E-state index in [2.05, 4.69) is 57.1 Å². The Labute approximate surface area is 165 Å². The Bertz CT molecular complexity index is 893. The Morgan fingerprint density at radius 1 is 1.14 bits per heavy atom. The maximum absolute atomic E-state index is 5.97. The van der Waals surface area contributed by atoms with Gasteiger partial charge in [0.15, 0.2) is 5.96 Å². The summed E-state index contributed by atoms with van der Waals surface area (Å²) >= 11 is 0. The van der Waals surface area contributed by atoms with Crippen LogP contribution in [0.2, 0.25) is 0 Å². The van der Waals surface area contributed by atoms with Crippen LogP contribution in [0.15, 0.2) is 72.0 Å². The number of nitrogens with zero attached hydrogens (tertiary/aromatic N) is 3. The first-order valence-electron chi connectivity index (χ1n) is 9.60. The van der Waals surface area contributed by atoms with Crippen LogP contribution in [0.3, 0.4) is 0 Å². The number of hydrogen-bond donors (Lipinski definition) is 2. The Hall–Kier alpha value is -3.28. The molecule has 0 saturated heterocycles. The fourth-order valence-corrected chi connectivity index (χ4v) is 3.36. The highest BCUT2D eigenvalue weighted by Crippen LogP contribution is 2.27. The standard InChI is InChI=1S/C22H25N5O/c1-23-22(25-16-20-15-18-5-2-3-6-21(18)28-20)24-13-11-17-7-9-19(10-8-17)27-14-4-12-26-27/h2-10,12,14,20H,11,13,15-16H2,1H3,(H2,23,24,25). The van der Waals surface area contributed by atoms with Crippen molar-refractivity contribution in [1.82, 2.24) is 20.4 Å². The topological polar surface area (TPSA) is 63.5 Å². The quantitative estimate of drug-likeness (QED) is 0.513. The molecule has 1 aliphatic rings. The van der Waals surface area contributed by atoms with Gasteiger partial charge in [0.1, 0.15) is 11.9 Å². The molecule has 2 N–H and O–H groups in total. The minimum atomic E-state index is 0.144. The second-order valence-corrected chi connectivity index (χ2v) is 6.80. The summed E-state index contributed by atoms with van der Waals surface area (Å²) in [6, 6.07) is 18.6. The predicted molar refractivity (Wildman–Crippen MR) is 111 cm³/mol. The number of benzene rings is 2. The van der Waals surface area contributed by atoms with Gasteiger partial charge >= 0.3 is 0 Å². The van der Waals surface area contributed by atoms with E-state index < -0.39 is 0 Å². The summed E-state index contributed by atoms with van der Waals surface area (Å²) in [4.78, 5) is 4.30. The number of guanidine groups is 1. The molecule has 0 fully saturated rings. The molecule has 144 valence electrons. The first-order valence-corrected chi connectivity index (χ1v) is 9.60. The lowest BCUT2D eigenvalue weighted by atomic mass is 10.1. The van der Waals surface area contributed by atoms with E-state index in [0.29, 0.717) is 0 Å². The Kier molecular flexibility index (Phi) is 5.56. The molecule has 0 saturated carbocycles. The zero-order valence-corrected chi connectivity index (χ0v) is 16.0. The smallest absolute Gasteiger partial charge is 0.191 e. The van der Waals surface area contributed by atoms with E-state index in [1.165, 1.54) is 11.1 Å². The van der Waals surface area contributed by atoms with E-state index in [-0.39, 0.29) is 6.10 Å². The van der Waals surface area contributed by atoms with Crippen LogP contribution in [0.25, 0.3) is 5.69 Å². The molecule has 0 spiro atoms. The van der Waals surface area contributed by atoms with Crippen molar-refractivity contribution in [3.05, 3.63) is 78.1 Å². The normalized spacial score (nSPS) is 15.8. The van der Waals surface area contributed by atoms with E-state index in [0.717, 1.165) is 43.3 Å². The molecule has 1 aliphatic heterocycles. The first-order chi connectivity index (χ1) is 13.8. The summed E-state index contributed by atoms with van der Waals surface area (Å²) < 4.78 is 7.82. The summed E-state index contributed by atoms with van der Waals surface area (Å²) in [6.07, 6.45) is 5.73. The van der Waals surface area contributed by atoms with Crippen molar-refractivity contribution in [2.24, 2.45) is 4.99 Å². The predicted octanol–water partition coefficient (Wildman–Crippen LogP) is 2.58. The number of aromatic nitrogens is 2. The van der Waals surface area contributed by atoms with Crippen molar-refractivity contribution >= 4 is 5.96 Å². The lowest BCUT2D eigenvalue weighted by Gasteiger charge is -2.15. The van der Waals surface area contributed by atoms with Crippen molar-refractivity contribution in [3.63, 3.8) is 0 Å². The SMILES string of the molecule is CN=C(NCCc1ccc(-n2cccn2)cc1)NCC1Cc2ccccc2O1. The second kappa shape index (κ2) is 8.61. The lowest BCUT2D eigenvalue weighted by Crippen LogP contribution is -2.42. The third-order valence-electron chi connectivity index (χ3n) is 4.85. The summed E-state index contributed by atoms with van der Waals surface area (Å²) in [6.45, 7) is 1.54. The lowest BCUT2D eigenvalue weighted by molar-refractivity contribution is 0.235. The van der Waals surface area contributed by atoms with E-state index in [9.17, 15) is 0 Å². The first kappa shape index (κ1) is 18.1. The molecule has 1 unspecified atom stereocenters. The van der Waals surface area contributed by atoms with Gasteiger partial charge in [0.2, 0.25) is 0 Å². The van der Waals surface area contributed by atoms with Gasteiger partial charge in [-0.05, 0) is 41.8 Å². The van der Waals surface area contributed by atoms with Crippen LogP contribution in [-0.4, -0.2) is 42.0 Å². The summed E-state index contributed by atoms with van der Waals surface area (Å²) in [5.74, 6) is 1.79. The fourth-order valence-electron chi connectivity index (χ4n) is 3.36. The van der Waals surface area contributed by atoms with E-state index in [4.69, 9.17) is 4.74 Å². The van der Waals surface area contributed by atoms with Crippen LogP contribution in [0, 0.1) is 0 Å². The molecular weight excluding hydrogens is 350 g/mol. The number of para-hydroxylation sites is 1. The average Bonchev–Trinajstić information content (AvgIpc) is 3.40.